The predicted molar refractivity (Wildman–Crippen MR) is 83.8 cm³/mol. The second-order valence-corrected chi connectivity index (χ2v) is 6.86. The van der Waals surface area contributed by atoms with Crippen LogP contribution in [0.1, 0.15) is 5.56 Å². The largest absolute Gasteiger partial charge is 0.417 e. The fraction of sp³-hybridized carbons (Fsp3) is 0.0714. The molecule has 0 atom stereocenters. The summed E-state index contributed by atoms with van der Waals surface area (Å²) in [5, 5.41) is 0.524. The Hall–Kier alpha value is -2.25. The van der Waals surface area contributed by atoms with Crippen molar-refractivity contribution in [3.05, 3.63) is 57.5 Å². The molecule has 0 saturated carbocycles. The molecule has 114 valence electrons. The minimum absolute atomic E-state index is 0.00269. The molecule has 0 spiro atoms. The van der Waals surface area contributed by atoms with Crippen LogP contribution < -0.4 is 10.5 Å². The normalized spacial score (nSPS) is 11.7. The summed E-state index contributed by atoms with van der Waals surface area (Å²) in [6.45, 7) is 1.75. The van der Waals surface area contributed by atoms with Crippen molar-refractivity contribution in [1.82, 2.24) is 4.98 Å². The van der Waals surface area contributed by atoms with Crippen LogP contribution in [0.4, 0.5) is 5.69 Å². The molecule has 8 heteroatoms. The number of nitrogens with one attached hydrogen (secondary N) is 2. The van der Waals surface area contributed by atoms with Crippen molar-refractivity contribution in [2.45, 2.75) is 11.8 Å². The zero-order valence-corrected chi connectivity index (χ0v) is 13.0. The first-order valence-corrected chi connectivity index (χ1v) is 8.13. The molecule has 0 radical (unpaired) electrons. The standard InChI is InChI=1S/C14H11ClN2O4S/c1-8-6-9(15)2-4-11(8)17-22(19,20)10-3-5-12-13(7-10)21-14(18)16-12/h2-7,17H,1H3,(H,16,18). The van der Waals surface area contributed by atoms with Gasteiger partial charge < -0.3 is 4.42 Å². The Morgan fingerprint density at radius 2 is 1.95 bits per heavy atom. The zero-order valence-electron chi connectivity index (χ0n) is 11.4. The average molecular weight is 339 g/mol. The van der Waals surface area contributed by atoms with Crippen LogP contribution in [0, 0.1) is 6.92 Å². The van der Waals surface area contributed by atoms with Crippen molar-refractivity contribution in [2.75, 3.05) is 4.72 Å². The van der Waals surface area contributed by atoms with E-state index in [1.807, 2.05) is 0 Å². The number of anilines is 1. The highest BCUT2D eigenvalue weighted by Gasteiger charge is 2.17. The van der Waals surface area contributed by atoms with E-state index in [2.05, 4.69) is 9.71 Å². The van der Waals surface area contributed by atoms with Crippen molar-refractivity contribution in [2.24, 2.45) is 0 Å². The topological polar surface area (TPSA) is 92.2 Å². The summed E-state index contributed by atoms with van der Waals surface area (Å²) >= 11 is 5.85. The lowest BCUT2D eigenvalue weighted by atomic mass is 10.2. The Morgan fingerprint density at radius 1 is 1.18 bits per heavy atom. The summed E-state index contributed by atoms with van der Waals surface area (Å²) in [5.74, 6) is -0.633. The van der Waals surface area contributed by atoms with Gasteiger partial charge in [-0.25, -0.2) is 13.2 Å². The summed E-state index contributed by atoms with van der Waals surface area (Å²) in [4.78, 5) is 13.6. The number of rotatable bonds is 3. The van der Waals surface area contributed by atoms with Gasteiger partial charge in [-0.3, -0.25) is 9.71 Å². The number of H-pyrrole nitrogens is 1. The third kappa shape index (κ3) is 2.72. The van der Waals surface area contributed by atoms with Crippen LogP contribution in [0.25, 0.3) is 11.1 Å². The second kappa shape index (κ2) is 5.19. The number of halogens is 1. The molecule has 1 aromatic heterocycles. The third-order valence-electron chi connectivity index (χ3n) is 3.14. The molecule has 0 unspecified atom stereocenters. The molecule has 2 N–H and O–H groups in total. The number of aryl methyl sites for hydroxylation is 1. The highest BCUT2D eigenvalue weighted by Crippen LogP contribution is 2.24. The van der Waals surface area contributed by atoms with Gasteiger partial charge in [0, 0.05) is 11.1 Å². The molecule has 0 aliphatic heterocycles. The Balaban J connectivity index is 2.01. The van der Waals surface area contributed by atoms with Gasteiger partial charge in [0.1, 0.15) is 0 Å². The van der Waals surface area contributed by atoms with E-state index < -0.39 is 15.8 Å². The van der Waals surface area contributed by atoms with Crippen molar-refractivity contribution in [3.63, 3.8) is 0 Å². The van der Waals surface area contributed by atoms with Crippen LogP contribution in [0.5, 0.6) is 0 Å². The highest BCUT2D eigenvalue weighted by atomic mass is 35.5. The summed E-state index contributed by atoms with van der Waals surface area (Å²) in [5.41, 5.74) is 1.75. The van der Waals surface area contributed by atoms with Crippen LogP contribution >= 0.6 is 11.6 Å². The van der Waals surface area contributed by atoms with Gasteiger partial charge in [0.05, 0.1) is 16.1 Å². The first-order chi connectivity index (χ1) is 10.3. The fourth-order valence-electron chi connectivity index (χ4n) is 2.04. The van der Waals surface area contributed by atoms with E-state index in [4.69, 9.17) is 16.0 Å². The first kappa shape index (κ1) is 14.7. The van der Waals surface area contributed by atoms with Crippen molar-refractivity contribution >= 4 is 38.4 Å². The van der Waals surface area contributed by atoms with Gasteiger partial charge in [0.25, 0.3) is 10.0 Å². The SMILES string of the molecule is Cc1cc(Cl)ccc1NS(=O)(=O)c1ccc2[nH]c(=O)oc2c1. The number of hydrogen-bond donors (Lipinski definition) is 2. The van der Waals surface area contributed by atoms with Crippen LogP contribution in [-0.2, 0) is 10.0 Å². The molecule has 22 heavy (non-hydrogen) atoms. The molecule has 0 aliphatic rings. The third-order valence-corrected chi connectivity index (χ3v) is 4.73. The van der Waals surface area contributed by atoms with Crippen molar-refractivity contribution < 1.29 is 12.8 Å². The van der Waals surface area contributed by atoms with E-state index in [1.165, 1.54) is 18.2 Å². The van der Waals surface area contributed by atoms with E-state index in [0.29, 0.717) is 21.8 Å². The average Bonchev–Trinajstić information content (AvgIpc) is 2.81. The quantitative estimate of drug-likeness (QED) is 0.768. The van der Waals surface area contributed by atoms with Crippen LogP contribution in [0.15, 0.2) is 50.5 Å². The second-order valence-electron chi connectivity index (χ2n) is 4.74. The summed E-state index contributed by atoms with van der Waals surface area (Å²) in [7, 11) is -3.80. The predicted octanol–water partition coefficient (Wildman–Crippen LogP) is 2.88. The maximum absolute atomic E-state index is 12.4. The van der Waals surface area contributed by atoms with Crippen LogP contribution in [0.2, 0.25) is 5.02 Å². The number of aromatic amines is 1. The smallest absolute Gasteiger partial charge is 0.408 e. The van der Waals surface area contributed by atoms with Gasteiger partial charge >= 0.3 is 5.76 Å². The van der Waals surface area contributed by atoms with E-state index in [1.54, 1.807) is 25.1 Å². The van der Waals surface area contributed by atoms with E-state index in [0.717, 1.165) is 0 Å². The van der Waals surface area contributed by atoms with Gasteiger partial charge in [0.2, 0.25) is 0 Å². The number of aromatic nitrogens is 1. The maximum atomic E-state index is 12.4. The number of benzene rings is 2. The van der Waals surface area contributed by atoms with E-state index in [-0.39, 0.29) is 10.5 Å². The summed E-state index contributed by atoms with van der Waals surface area (Å²) < 4.78 is 32.2. The monoisotopic (exact) mass is 338 g/mol. The van der Waals surface area contributed by atoms with Crippen LogP contribution in [-0.4, -0.2) is 13.4 Å². The Labute approximate surface area is 130 Å². The molecule has 2 aromatic carbocycles. The Morgan fingerprint density at radius 3 is 2.68 bits per heavy atom. The maximum Gasteiger partial charge on any atom is 0.417 e. The van der Waals surface area contributed by atoms with Gasteiger partial charge in [-0.1, -0.05) is 11.6 Å². The molecular formula is C14H11ClN2O4S. The molecule has 0 fully saturated rings. The fourth-order valence-corrected chi connectivity index (χ4v) is 3.41. The number of oxazole rings is 1. The molecule has 0 amide bonds. The minimum Gasteiger partial charge on any atom is -0.408 e. The first-order valence-electron chi connectivity index (χ1n) is 6.27. The molecule has 0 bridgehead atoms. The molecule has 1 heterocycles. The van der Waals surface area contributed by atoms with Gasteiger partial charge in [-0.15, -0.1) is 0 Å². The van der Waals surface area contributed by atoms with Gasteiger partial charge in [-0.2, -0.15) is 0 Å². The Bertz CT molecular complexity index is 1020. The highest BCUT2D eigenvalue weighted by molar-refractivity contribution is 7.92. The summed E-state index contributed by atoms with van der Waals surface area (Å²) in [6, 6.07) is 9.00. The molecule has 6 nitrogen and oxygen atoms in total. The lowest BCUT2D eigenvalue weighted by Crippen LogP contribution is -2.13. The lowest BCUT2D eigenvalue weighted by molar-refractivity contribution is 0.554. The zero-order chi connectivity index (χ0) is 15.9. The summed E-state index contributed by atoms with van der Waals surface area (Å²) in [6.07, 6.45) is 0. The number of sulfonamides is 1. The number of fused-ring (bicyclic) bond motifs is 1. The van der Waals surface area contributed by atoms with E-state index >= 15 is 0 Å². The van der Waals surface area contributed by atoms with E-state index in [9.17, 15) is 13.2 Å². The molecular weight excluding hydrogens is 328 g/mol. The lowest BCUT2D eigenvalue weighted by Gasteiger charge is -2.10. The number of hydrogen-bond acceptors (Lipinski definition) is 4. The minimum atomic E-state index is -3.80. The molecule has 0 aliphatic carbocycles. The Kier molecular flexibility index (Phi) is 3.46. The molecule has 0 saturated heterocycles. The van der Waals surface area contributed by atoms with Gasteiger partial charge in [0.15, 0.2) is 5.58 Å². The van der Waals surface area contributed by atoms with Gasteiger partial charge in [-0.05, 0) is 42.8 Å². The van der Waals surface area contributed by atoms with Crippen molar-refractivity contribution in [1.29, 1.82) is 0 Å². The molecule has 3 rings (SSSR count). The van der Waals surface area contributed by atoms with Crippen molar-refractivity contribution in [3.8, 4) is 0 Å². The molecule has 3 aromatic rings. The van der Waals surface area contributed by atoms with Crippen LogP contribution in [0.3, 0.4) is 0 Å².